The highest BCUT2D eigenvalue weighted by atomic mass is 79.9. The van der Waals surface area contributed by atoms with Gasteiger partial charge in [-0.15, -0.1) is 0 Å². The molecule has 1 aliphatic heterocycles. The van der Waals surface area contributed by atoms with Gasteiger partial charge in [0.1, 0.15) is 5.82 Å². The molecule has 1 amide bonds. The van der Waals surface area contributed by atoms with Crippen LogP contribution in [0.15, 0.2) is 16.7 Å². The van der Waals surface area contributed by atoms with Gasteiger partial charge in [-0.05, 0) is 53.7 Å². The third-order valence-electron chi connectivity index (χ3n) is 3.03. The van der Waals surface area contributed by atoms with Crippen LogP contribution in [0, 0.1) is 6.92 Å². The molecule has 4 nitrogen and oxygen atoms in total. The molecule has 0 unspecified atom stereocenters. The number of carbonyl (C=O) groups is 1. The normalized spacial score (nSPS) is 18.9. The fourth-order valence-corrected chi connectivity index (χ4v) is 2.19. The highest BCUT2D eigenvalue weighted by Gasteiger charge is 2.16. The maximum absolute atomic E-state index is 11.7. The van der Waals surface area contributed by atoms with E-state index in [-0.39, 0.29) is 12.0 Å². The molecule has 98 valence electrons. The quantitative estimate of drug-likeness (QED) is 0.929. The number of pyridine rings is 1. The van der Waals surface area contributed by atoms with Crippen molar-refractivity contribution in [1.29, 1.82) is 0 Å². The van der Waals surface area contributed by atoms with Crippen molar-refractivity contribution >= 4 is 27.7 Å². The third kappa shape index (κ3) is 3.78. The summed E-state index contributed by atoms with van der Waals surface area (Å²) in [6, 6.07) is 1.86. The van der Waals surface area contributed by atoms with Crippen molar-refractivity contribution in [3.8, 4) is 0 Å². The Kier molecular flexibility index (Phi) is 4.72. The van der Waals surface area contributed by atoms with Crippen LogP contribution in [0.5, 0.6) is 0 Å². The molecule has 0 aromatic carbocycles. The van der Waals surface area contributed by atoms with Crippen molar-refractivity contribution in [1.82, 2.24) is 4.98 Å². The molecule has 1 aliphatic rings. The number of aryl methyl sites for hydroxylation is 1. The van der Waals surface area contributed by atoms with Gasteiger partial charge in [0.2, 0.25) is 5.91 Å². The Morgan fingerprint density at radius 3 is 3.17 bits per heavy atom. The Hall–Kier alpha value is -0.940. The second-order valence-corrected chi connectivity index (χ2v) is 5.39. The van der Waals surface area contributed by atoms with Crippen LogP contribution in [0.2, 0.25) is 0 Å². The summed E-state index contributed by atoms with van der Waals surface area (Å²) >= 11 is 3.38. The van der Waals surface area contributed by atoms with Crippen molar-refractivity contribution in [3.63, 3.8) is 0 Å². The van der Waals surface area contributed by atoms with Crippen LogP contribution in [0.1, 0.15) is 31.2 Å². The maximum Gasteiger partial charge on any atom is 0.225 e. The van der Waals surface area contributed by atoms with E-state index < -0.39 is 0 Å². The number of hydrogen-bond donors (Lipinski definition) is 1. The number of carbonyl (C=O) groups excluding carboxylic acids is 1. The lowest BCUT2D eigenvalue weighted by molar-refractivity contribution is -0.116. The van der Waals surface area contributed by atoms with Gasteiger partial charge >= 0.3 is 0 Å². The van der Waals surface area contributed by atoms with E-state index in [4.69, 9.17) is 4.74 Å². The maximum atomic E-state index is 11.7. The number of halogens is 1. The van der Waals surface area contributed by atoms with Crippen LogP contribution in [0.25, 0.3) is 0 Å². The molecular formula is C13H17BrN2O2. The molecule has 0 saturated carbocycles. The zero-order chi connectivity index (χ0) is 13.0. The van der Waals surface area contributed by atoms with Crippen LogP contribution >= 0.6 is 15.9 Å². The van der Waals surface area contributed by atoms with Crippen molar-refractivity contribution < 1.29 is 9.53 Å². The molecule has 0 bridgehead atoms. The monoisotopic (exact) mass is 312 g/mol. The molecule has 1 fully saturated rings. The number of aromatic nitrogens is 1. The van der Waals surface area contributed by atoms with E-state index in [1.165, 1.54) is 0 Å². The van der Waals surface area contributed by atoms with Gasteiger partial charge < -0.3 is 10.1 Å². The van der Waals surface area contributed by atoms with E-state index >= 15 is 0 Å². The van der Waals surface area contributed by atoms with E-state index in [9.17, 15) is 4.79 Å². The zero-order valence-electron chi connectivity index (χ0n) is 10.4. The standard InChI is InChI=1S/C13H17BrN2O2/c1-9-7-12(15-8-11(9)14)16-13(17)5-4-10-3-2-6-18-10/h7-8,10H,2-6H2,1H3,(H,15,16,17)/t10-/m1/s1. The minimum absolute atomic E-state index is 0.000257. The SMILES string of the molecule is Cc1cc(NC(=O)CC[C@H]2CCCO2)ncc1Br. The van der Waals surface area contributed by atoms with E-state index in [1.54, 1.807) is 6.20 Å². The average molecular weight is 313 g/mol. The van der Waals surface area contributed by atoms with Crippen molar-refractivity contribution in [2.75, 3.05) is 11.9 Å². The summed E-state index contributed by atoms with van der Waals surface area (Å²) in [6.07, 6.45) is 5.42. The molecule has 1 atom stereocenters. The summed E-state index contributed by atoms with van der Waals surface area (Å²) in [5.41, 5.74) is 1.06. The van der Waals surface area contributed by atoms with E-state index in [2.05, 4.69) is 26.2 Å². The largest absolute Gasteiger partial charge is 0.378 e. The topological polar surface area (TPSA) is 51.2 Å². The van der Waals surface area contributed by atoms with Crippen LogP contribution in [0.4, 0.5) is 5.82 Å². The molecule has 1 saturated heterocycles. The number of nitrogens with one attached hydrogen (secondary N) is 1. The van der Waals surface area contributed by atoms with Crippen molar-refractivity contribution in [2.24, 2.45) is 0 Å². The number of anilines is 1. The van der Waals surface area contributed by atoms with Crippen LogP contribution in [-0.2, 0) is 9.53 Å². The number of nitrogens with zero attached hydrogens (tertiary/aromatic N) is 1. The van der Waals surface area contributed by atoms with Crippen LogP contribution in [0.3, 0.4) is 0 Å². The Labute approximate surface area is 115 Å². The van der Waals surface area contributed by atoms with Gasteiger partial charge in [0, 0.05) is 23.7 Å². The number of hydrogen-bond acceptors (Lipinski definition) is 3. The van der Waals surface area contributed by atoms with Gasteiger partial charge in [-0.2, -0.15) is 0 Å². The number of rotatable bonds is 4. The lowest BCUT2D eigenvalue weighted by Crippen LogP contribution is -2.16. The first kappa shape index (κ1) is 13.5. The smallest absolute Gasteiger partial charge is 0.225 e. The molecule has 1 aromatic rings. The molecule has 1 N–H and O–H groups in total. The van der Waals surface area contributed by atoms with E-state index in [0.29, 0.717) is 12.2 Å². The lowest BCUT2D eigenvalue weighted by atomic mass is 10.1. The molecule has 1 aromatic heterocycles. The highest BCUT2D eigenvalue weighted by Crippen LogP contribution is 2.19. The second kappa shape index (κ2) is 6.29. The molecular weight excluding hydrogens is 296 g/mol. The minimum atomic E-state index is -0.000257. The summed E-state index contributed by atoms with van der Waals surface area (Å²) in [7, 11) is 0. The summed E-state index contributed by atoms with van der Waals surface area (Å²) < 4.78 is 6.43. The fraction of sp³-hybridized carbons (Fsp3) is 0.538. The second-order valence-electron chi connectivity index (χ2n) is 4.54. The van der Waals surface area contributed by atoms with Crippen molar-refractivity contribution in [3.05, 3.63) is 22.3 Å². The van der Waals surface area contributed by atoms with Gasteiger partial charge in [-0.3, -0.25) is 4.79 Å². The van der Waals surface area contributed by atoms with Gasteiger partial charge in [0.25, 0.3) is 0 Å². The third-order valence-corrected chi connectivity index (χ3v) is 3.86. The predicted molar refractivity (Wildman–Crippen MR) is 73.5 cm³/mol. The molecule has 5 heteroatoms. The molecule has 0 aliphatic carbocycles. The first-order valence-electron chi connectivity index (χ1n) is 6.19. The molecule has 0 spiro atoms. The number of amides is 1. The lowest BCUT2D eigenvalue weighted by Gasteiger charge is -2.09. The van der Waals surface area contributed by atoms with E-state index in [0.717, 1.165) is 35.9 Å². The van der Waals surface area contributed by atoms with Crippen LogP contribution in [-0.4, -0.2) is 23.6 Å². The van der Waals surface area contributed by atoms with E-state index in [1.807, 2.05) is 13.0 Å². The highest BCUT2D eigenvalue weighted by molar-refractivity contribution is 9.10. The summed E-state index contributed by atoms with van der Waals surface area (Å²) in [5, 5.41) is 2.81. The Morgan fingerprint density at radius 2 is 2.50 bits per heavy atom. The fourth-order valence-electron chi connectivity index (χ4n) is 1.98. The first-order chi connectivity index (χ1) is 8.65. The van der Waals surface area contributed by atoms with Crippen molar-refractivity contribution in [2.45, 2.75) is 38.7 Å². The average Bonchev–Trinajstić information content (AvgIpc) is 2.84. The first-order valence-corrected chi connectivity index (χ1v) is 6.98. The molecule has 18 heavy (non-hydrogen) atoms. The summed E-state index contributed by atoms with van der Waals surface area (Å²) in [6.45, 7) is 2.80. The number of ether oxygens (including phenoxy) is 1. The zero-order valence-corrected chi connectivity index (χ0v) is 12.0. The molecule has 2 rings (SSSR count). The Balaban J connectivity index is 1.80. The Morgan fingerprint density at radius 1 is 1.67 bits per heavy atom. The minimum Gasteiger partial charge on any atom is -0.378 e. The summed E-state index contributed by atoms with van der Waals surface area (Å²) in [4.78, 5) is 15.9. The molecule has 2 heterocycles. The van der Waals surface area contributed by atoms with Gasteiger partial charge in [-0.25, -0.2) is 4.98 Å². The predicted octanol–water partition coefficient (Wildman–Crippen LogP) is 3.05. The van der Waals surface area contributed by atoms with Crippen LogP contribution < -0.4 is 5.32 Å². The summed E-state index contributed by atoms with van der Waals surface area (Å²) in [5.74, 6) is 0.604. The Bertz CT molecular complexity index is 431. The molecule has 0 radical (unpaired) electrons. The van der Waals surface area contributed by atoms with Gasteiger partial charge in [0.15, 0.2) is 0 Å². The van der Waals surface area contributed by atoms with Gasteiger partial charge in [-0.1, -0.05) is 0 Å². The van der Waals surface area contributed by atoms with Gasteiger partial charge in [0.05, 0.1) is 6.10 Å².